The molecular weight excluding hydrogens is 627 g/mol. The number of nitrogens with one attached hydrogen (secondary N) is 3. The predicted octanol–water partition coefficient (Wildman–Crippen LogP) is 3.89. The van der Waals surface area contributed by atoms with E-state index in [9.17, 15) is 34.2 Å². The molecule has 14 heteroatoms. The molecule has 2 aromatic rings. The van der Waals surface area contributed by atoms with Gasteiger partial charge in [-0.2, -0.15) is 0 Å². The number of phenolic OH excluding ortho intramolecular Hbond substituents is 1. The van der Waals surface area contributed by atoms with E-state index in [0.29, 0.717) is 11.1 Å². The summed E-state index contributed by atoms with van der Waals surface area (Å²) in [5, 5.41) is 28.6. The predicted molar refractivity (Wildman–Crippen MR) is 174 cm³/mol. The van der Waals surface area contributed by atoms with Gasteiger partial charge in [0, 0.05) is 26.4 Å². The summed E-state index contributed by atoms with van der Waals surface area (Å²) in [4.78, 5) is 66.1. The maximum Gasteiger partial charge on any atom is 0.408 e. The van der Waals surface area contributed by atoms with Crippen molar-refractivity contribution < 1.29 is 48.0 Å². The summed E-state index contributed by atoms with van der Waals surface area (Å²) in [6, 6.07) is 4.50. The minimum atomic E-state index is -1.52. The monoisotopic (exact) mass is 672 g/mol. The first-order valence-corrected chi connectivity index (χ1v) is 15.6. The lowest BCUT2D eigenvalue weighted by Gasteiger charge is -2.30. The van der Waals surface area contributed by atoms with Crippen molar-refractivity contribution in [3.05, 3.63) is 53.3 Å². The fourth-order valence-corrected chi connectivity index (χ4v) is 5.06. The molecule has 262 valence electrons. The molecule has 0 fully saturated rings. The van der Waals surface area contributed by atoms with Crippen LogP contribution in [0.5, 0.6) is 5.75 Å². The van der Waals surface area contributed by atoms with Crippen molar-refractivity contribution in [1.82, 2.24) is 20.9 Å². The standard InChI is InChI=1S/C34H45FN4O9/c1-33(2,3)47-31(45)36-14-8-9-24-29(42)39(7)26(30(43)44)18-21-15-19(10-12-23(21)35)20-11-13-27(40)22(16-20)17-25(28(41)37-24)38-32(46)48-34(4,5)6/h10-13,15-16,24-26,40H,8-9,14,17-18H2,1-7H3,(H,36,45)(H,37,41)(H,38,46)(H,43,44)/t24-,25-,26-/m0/s1. The van der Waals surface area contributed by atoms with Gasteiger partial charge in [-0.15, -0.1) is 0 Å². The number of carbonyl (C=O) groups is 5. The second kappa shape index (κ2) is 15.3. The number of carbonyl (C=O) groups excluding carboxylic acids is 4. The van der Waals surface area contributed by atoms with Gasteiger partial charge in [0.25, 0.3) is 0 Å². The topological polar surface area (TPSA) is 184 Å². The second-order valence-electron chi connectivity index (χ2n) is 13.7. The molecule has 1 aliphatic rings. The van der Waals surface area contributed by atoms with Crippen LogP contribution >= 0.6 is 0 Å². The van der Waals surface area contributed by atoms with Crippen LogP contribution in [0.2, 0.25) is 0 Å². The Morgan fingerprint density at radius 1 is 0.938 bits per heavy atom. The van der Waals surface area contributed by atoms with Gasteiger partial charge in [-0.05, 0) is 101 Å². The highest BCUT2D eigenvalue weighted by Crippen LogP contribution is 2.29. The average molecular weight is 673 g/mol. The Morgan fingerprint density at radius 3 is 2.12 bits per heavy atom. The van der Waals surface area contributed by atoms with E-state index < -0.39 is 65.1 Å². The zero-order valence-electron chi connectivity index (χ0n) is 28.3. The first kappa shape index (κ1) is 37.6. The van der Waals surface area contributed by atoms with Gasteiger partial charge in [-0.3, -0.25) is 9.59 Å². The Hall–Kier alpha value is -4.88. The molecule has 4 bridgehead atoms. The number of nitrogens with zero attached hydrogens (tertiary/aromatic N) is 1. The molecule has 0 spiro atoms. The molecule has 4 amide bonds. The Labute approximate surface area is 279 Å². The number of hydrogen-bond acceptors (Lipinski definition) is 8. The van der Waals surface area contributed by atoms with Crippen molar-refractivity contribution in [1.29, 1.82) is 0 Å². The lowest BCUT2D eigenvalue weighted by Crippen LogP contribution is -2.57. The molecule has 0 aromatic heterocycles. The largest absolute Gasteiger partial charge is 0.508 e. The fraction of sp³-hybridized carbons (Fsp3) is 0.500. The smallest absolute Gasteiger partial charge is 0.408 e. The minimum absolute atomic E-state index is 0.0377. The third-order valence-electron chi connectivity index (χ3n) is 7.36. The molecule has 0 saturated carbocycles. The van der Waals surface area contributed by atoms with Gasteiger partial charge >= 0.3 is 18.2 Å². The number of carboxylic acids is 1. The summed E-state index contributed by atoms with van der Waals surface area (Å²) in [5.41, 5.74) is -0.323. The van der Waals surface area contributed by atoms with E-state index in [1.54, 1.807) is 53.7 Å². The van der Waals surface area contributed by atoms with Crippen LogP contribution in [-0.2, 0) is 36.7 Å². The number of aliphatic carboxylic acids is 1. The van der Waals surface area contributed by atoms with Crippen LogP contribution in [0.1, 0.15) is 65.5 Å². The number of rotatable bonds is 6. The summed E-state index contributed by atoms with van der Waals surface area (Å²) in [6.07, 6.45) is -2.12. The molecule has 0 unspecified atom stereocenters. The summed E-state index contributed by atoms with van der Waals surface area (Å²) in [5.74, 6) is -3.85. The van der Waals surface area contributed by atoms with E-state index in [1.165, 1.54) is 31.3 Å². The molecule has 0 saturated heterocycles. The van der Waals surface area contributed by atoms with Crippen molar-refractivity contribution in [2.45, 2.75) is 96.6 Å². The van der Waals surface area contributed by atoms with Crippen LogP contribution in [-0.4, -0.2) is 88.0 Å². The van der Waals surface area contributed by atoms with E-state index in [1.807, 2.05) is 0 Å². The molecule has 48 heavy (non-hydrogen) atoms. The number of fused-ring (bicyclic) bond motifs is 5. The molecule has 13 nitrogen and oxygen atoms in total. The zero-order valence-corrected chi connectivity index (χ0v) is 28.3. The number of phenols is 1. The van der Waals surface area contributed by atoms with Crippen LogP contribution in [0.3, 0.4) is 0 Å². The van der Waals surface area contributed by atoms with E-state index in [4.69, 9.17) is 9.47 Å². The van der Waals surface area contributed by atoms with Gasteiger partial charge in [0.15, 0.2) is 0 Å². The quantitative estimate of drug-likeness (QED) is 0.284. The molecule has 3 atom stereocenters. The molecule has 1 aliphatic heterocycles. The number of halogens is 1. The van der Waals surface area contributed by atoms with Crippen LogP contribution < -0.4 is 16.0 Å². The number of amides is 4. The highest BCUT2D eigenvalue weighted by molar-refractivity contribution is 5.93. The number of aromatic hydroxyl groups is 1. The van der Waals surface area contributed by atoms with Crippen LogP contribution in [0.4, 0.5) is 14.0 Å². The van der Waals surface area contributed by atoms with Crippen molar-refractivity contribution >= 4 is 30.0 Å². The molecule has 2 aromatic carbocycles. The second-order valence-corrected chi connectivity index (χ2v) is 13.7. The normalized spacial score (nSPS) is 18.9. The van der Waals surface area contributed by atoms with E-state index in [-0.39, 0.29) is 49.1 Å². The molecule has 0 aliphatic carbocycles. The third kappa shape index (κ3) is 10.8. The van der Waals surface area contributed by atoms with E-state index in [0.717, 1.165) is 4.90 Å². The number of ether oxygens (including phenoxy) is 2. The number of hydrogen-bond donors (Lipinski definition) is 5. The highest BCUT2D eigenvalue weighted by Gasteiger charge is 2.35. The van der Waals surface area contributed by atoms with Crippen molar-refractivity contribution in [3.63, 3.8) is 0 Å². The maximum absolute atomic E-state index is 15.0. The molecule has 3 rings (SSSR count). The Balaban J connectivity index is 2.06. The van der Waals surface area contributed by atoms with Crippen LogP contribution in [0.15, 0.2) is 36.4 Å². The first-order chi connectivity index (χ1) is 22.2. The fourth-order valence-electron chi connectivity index (χ4n) is 5.06. The van der Waals surface area contributed by atoms with E-state index in [2.05, 4.69) is 16.0 Å². The maximum atomic E-state index is 15.0. The Morgan fingerprint density at radius 2 is 1.52 bits per heavy atom. The number of alkyl carbamates (subject to hydrolysis) is 2. The summed E-state index contributed by atoms with van der Waals surface area (Å²) < 4.78 is 25.6. The average Bonchev–Trinajstić information content (AvgIpc) is 2.95. The van der Waals surface area contributed by atoms with Crippen LogP contribution in [0, 0.1) is 5.82 Å². The molecule has 0 radical (unpaired) electrons. The number of benzene rings is 2. The van der Waals surface area contributed by atoms with Gasteiger partial charge in [0.2, 0.25) is 11.8 Å². The highest BCUT2D eigenvalue weighted by atomic mass is 19.1. The van der Waals surface area contributed by atoms with Gasteiger partial charge in [-0.1, -0.05) is 12.1 Å². The Kier molecular flexibility index (Phi) is 12.0. The lowest BCUT2D eigenvalue weighted by molar-refractivity contribution is -0.150. The summed E-state index contributed by atoms with van der Waals surface area (Å²) in [7, 11) is 1.25. The van der Waals surface area contributed by atoms with Gasteiger partial charge in [0.05, 0.1) is 0 Å². The van der Waals surface area contributed by atoms with Crippen molar-refractivity contribution in [2.24, 2.45) is 0 Å². The van der Waals surface area contributed by atoms with Gasteiger partial charge < -0.3 is 40.5 Å². The Bertz CT molecular complexity index is 1530. The minimum Gasteiger partial charge on any atom is -0.508 e. The molecule has 5 N–H and O–H groups in total. The lowest BCUT2D eigenvalue weighted by atomic mass is 9.95. The van der Waals surface area contributed by atoms with Crippen molar-refractivity contribution in [3.8, 4) is 16.9 Å². The van der Waals surface area contributed by atoms with Gasteiger partial charge in [0.1, 0.15) is 40.9 Å². The van der Waals surface area contributed by atoms with Crippen LogP contribution in [0.25, 0.3) is 11.1 Å². The molecule has 1 heterocycles. The number of carboxylic acid groups (broad SMARTS) is 1. The summed E-state index contributed by atoms with van der Waals surface area (Å²) in [6.45, 7) is 10.1. The third-order valence-corrected chi connectivity index (χ3v) is 7.36. The summed E-state index contributed by atoms with van der Waals surface area (Å²) >= 11 is 0. The van der Waals surface area contributed by atoms with E-state index >= 15 is 4.39 Å². The first-order valence-electron chi connectivity index (χ1n) is 15.6. The van der Waals surface area contributed by atoms with Gasteiger partial charge in [-0.25, -0.2) is 18.8 Å². The molecular formula is C34H45FN4O9. The van der Waals surface area contributed by atoms with Crippen molar-refractivity contribution in [2.75, 3.05) is 13.6 Å². The SMILES string of the molecule is CN1C(=O)[C@H](CCCNC(=O)OC(C)(C)C)NC(=O)[C@@H](NC(=O)OC(C)(C)C)Cc2cc(ccc2O)-c2ccc(F)c(c2)C[C@H]1C(=O)O. The zero-order chi connectivity index (χ0) is 36.0. The number of likely N-dealkylation sites (N-methyl/N-ethyl adjacent to an activating group) is 1.